The van der Waals surface area contributed by atoms with Gasteiger partial charge in [0.05, 0.1) is 12.2 Å². The van der Waals surface area contributed by atoms with Crippen molar-refractivity contribution in [1.29, 1.82) is 0 Å². The lowest BCUT2D eigenvalue weighted by Crippen LogP contribution is -2.25. The second-order valence-electron chi connectivity index (χ2n) is 5.24. The molecule has 0 aromatic carbocycles. The second kappa shape index (κ2) is 6.59. The van der Waals surface area contributed by atoms with Crippen LogP contribution in [0.2, 0.25) is 0 Å². The molecule has 0 amide bonds. The predicted molar refractivity (Wildman–Crippen MR) is 77.5 cm³/mol. The van der Waals surface area contributed by atoms with Crippen LogP contribution in [-0.4, -0.2) is 38.3 Å². The van der Waals surface area contributed by atoms with Crippen molar-refractivity contribution >= 4 is 16.0 Å². The molecule has 0 saturated heterocycles. The molecule has 0 fully saturated rings. The van der Waals surface area contributed by atoms with Crippen LogP contribution in [0.5, 0.6) is 0 Å². The molecule has 0 radical (unpaired) electrons. The summed E-state index contributed by atoms with van der Waals surface area (Å²) in [6.45, 7) is 6.17. The SMILES string of the molecule is CCn1cc(S(N)(=O)=O)cc1C(=O)OCCC(C)(C)OC. The number of nitrogens with two attached hydrogens (primary N) is 1. The van der Waals surface area contributed by atoms with Crippen LogP contribution in [0.1, 0.15) is 37.7 Å². The summed E-state index contributed by atoms with van der Waals surface area (Å²) in [5, 5.41) is 5.06. The summed E-state index contributed by atoms with van der Waals surface area (Å²) in [4.78, 5) is 11.9. The van der Waals surface area contributed by atoms with Crippen LogP contribution in [-0.2, 0) is 26.0 Å². The molecule has 7 nitrogen and oxygen atoms in total. The van der Waals surface area contributed by atoms with Gasteiger partial charge in [-0.05, 0) is 26.8 Å². The summed E-state index contributed by atoms with van der Waals surface area (Å²) in [5.41, 5.74) is -0.226. The molecule has 8 heteroatoms. The zero-order valence-electron chi connectivity index (χ0n) is 12.8. The van der Waals surface area contributed by atoms with Gasteiger partial charge in [0.1, 0.15) is 10.6 Å². The van der Waals surface area contributed by atoms with Gasteiger partial charge in [0, 0.05) is 26.3 Å². The Morgan fingerprint density at radius 3 is 2.52 bits per heavy atom. The summed E-state index contributed by atoms with van der Waals surface area (Å²) in [5.74, 6) is -0.585. The quantitative estimate of drug-likeness (QED) is 0.759. The topological polar surface area (TPSA) is 101 Å². The van der Waals surface area contributed by atoms with E-state index in [9.17, 15) is 13.2 Å². The lowest BCUT2D eigenvalue weighted by atomic mass is 10.1. The van der Waals surface area contributed by atoms with Crippen LogP contribution in [0.3, 0.4) is 0 Å². The van der Waals surface area contributed by atoms with Gasteiger partial charge in [0.15, 0.2) is 0 Å². The highest BCUT2D eigenvalue weighted by molar-refractivity contribution is 7.89. The molecule has 0 bridgehead atoms. The molecule has 1 aromatic heterocycles. The highest BCUT2D eigenvalue weighted by atomic mass is 32.2. The third kappa shape index (κ3) is 4.83. The first-order chi connectivity index (χ1) is 9.60. The van der Waals surface area contributed by atoms with E-state index in [4.69, 9.17) is 14.6 Å². The Hall–Kier alpha value is -1.38. The predicted octanol–water partition coefficient (Wildman–Crippen LogP) is 1.13. The molecule has 0 spiro atoms. The van der Waals surface area contributed by atoms with E-state index in [0.717, 1.165) is 0 Å². The fourth-order valence-corrected chi connectivity index (χ4v) is 2.19. The number of carbonyl (C=O) groups excluding carboxylic acids is 1. The lowest BCUT2D eigenvalue weighted by Gasteiger charge is -2.22. The van der Waals surface area contributed by atoms with Crippen molar-refractivity contribution in [1.82, 2.24) is 4.57 Å². The van der Waals surface area contributed by atoms with E-state index in [0.29, 0.717) is 13.0 Å². The minimum Gasteiger partial charge on any atom is -0.461 e. The number of ether oxygens (including phenoxy) is 2. The Balaban J connectivity index is 2.81. The van der Waals surface area contributed by atoms with Gasteiger partial charge in [-0.2, -0.15) is 0 Å². The number of carbonyl (C=O) groups is 1. The van der Waals surface area contributed by atoms with E-state index >= 15 is 0 Å². The standard InChI is InChI=1S/C13H22N2O5S/c1-5-15-9-10(21(14,17)18)8-11(15)12(16)20-7-6-13(2,3)19-4/h8-9H,5-7H2,1-4H3,(H2,14,17,18). The van der Waals surface area contributed by atoms with E-state index < -0.39 is 21.6 Å². The smallest absolute Gasteiger partial charge is 0.354 e. The number of primary sulfonamides is 1. The number of aromatic nitrogens is 1. The molecule has 120 valence electrons. The first-order valence-corrected chi connectivity index (χ1v) is 8.10. The molecule has 2 N–H and O–H groups in total. The Kier molecular flexibility index (Phi) is 5.54. The fourth-order valence-electron chi connectivity index (χ4n) is 1.64. The average molecular weight is 318 g/mol. The van der Waals surface area contributed by atoms with Gasteiger partial charge < -0.3 is 14.0 Å². The highest BCUT2D eigenvalue weighted by Crippen LogP contribution is 2.16. The third-order valence-electron chi connectivity index (χ3n) is 3.24. The average Bonchev–Trinajstić information content (AvgIpc) is 2.82. The number of rotatable bonds is 7. The van der Waals surface area contributed by atoms with Crippen LogP contribution < -0.4 is 5.14 Å². The van der Waals surface area contributed by atoms with E-state index in [1.54, 1.807) is 14.0 Å². The van der Waals surface area contributed by atoms with Crippen molar-refractivity contribution in [2.45, 2.75) is 44.2 Å². The zero-order valence-corrected chi connectivity index (χ0v) is 13.6. The number of aryl methyl sites for hydroxylation is 1. The highest BCUT2D eigenvalue weighted by Gasteiger charge is 2.21. The van der Waals surface area contributed by atoms with Crippen LogP contribution in [0.15, 0.2) is 17.2 Å². The Labute approximate surface area is 125 Å². The molecule has 21 heavy (non-hydrogen) atoms. The summed E-state index contributed by atoms with van der Waals surface area (Å²) >= 11 is 0. The van der Waals surface area contributed by atoms with Gasteiger partial charge in [-0.1, -0.05) is 0 Å². The lowest BCUT2D eigenvalue weighted by molar-refractivity contribution is -0.00593. The van der Waals surface area contributed by atoms with Gasteiger partial charge >= 0.3 is 5.97 Å². The van der Waals surface area contributed by atoms with Crippen molar-refractivity contribution in [2.24, 2.45) is 5.14 Å². The van der Waals surface area contributed by atoms with E-state index in [-0.39, 0.29) is 17.2 Å². The number of esters is 1. The van der Waals surface area contributed by atoms with Crippen LogP contribution in [0, 0.1) is 0 Å². The first kappa shape index (κ1) is 17.7. The van der Waals surface area contributed by atoms with Crippen molar-refractivity contribution in [3.63, 3.8) is 0 Å². The van der Waals surface area contributed by atoms with Crippen LogP contribution in [0.25, 0.3) is 0 Å². The molecule has 0 saturated carbocycles. The fraction of sp³-hybridized carbons (Fsp3) is 0.615. The minimum absolute atomic E-state index is 0.103. The maximum absolute atomic E-state index is 12.0. The van der Waals surface area contributed by atoms with Crippen molar-refractivity contribution in [3.05, 3.63) is 18.0 Å². The number of hydrogen-bond donors (Lipinski definition) is 1. The molecule has 0 aliphatic heterocycles. The molecule has 1 aromatic rings. The van der Waals surface area contributed by atoms with Gasteiger partial charge in [-0.25, -0.2) is 18.4 Å². The Morgan fingerprint density at radius 1 is 1.43 bits per heavy atom. The molecule has 0 unspecified atom stereocenters. The molecule has 1 rings (SSSR count). The number of methoxy groups -OCH3 is 1. The van der Waals surface area contributed by atoms with E-state index in [1.807, 2.05) is 13.8 Å². The molecule has 0 aliphatic carbocycles. The van der Waals surface area contributed by atoms with Crippen molar-refractivity contribution < 1.29 is 22.7 Å². The van der Waals surface area contributed by atoms with E-state index in [2.05, 4.69) is 0 Å². The molecular formula is C13H22N2O5S. The monoisotopic (exact) mass is 318 g/mol. The van der Waals surface area contributed by atoms with E-state index in [1.165, 1.54) is 16.8 Å². The maximum Gasteiger partial charge on any atom is 0.354 e. The van der Waals surface area contributed by atoms with Gasteiger partial charge in [-0.3, -0.25) is 0 Å². The second-order valence-corrected chi connectivity index (χ2v) is 6.80. The van der Waals surface area contributed by atoms with Gasteiger partial charge in [0.25, 0.3) is 0 Å². The minimum atomic E-state index is -3.84. The number of nitrogens with zero attached hydrogens (tertiary/aromatic N) is 1. The number of sulfonamides is 1. The Morgan fingerprint density at radius 2 is 2.05 bits per heavy atom. The molecule has 0 atom stereocenters. The third-order valence-corrected chi connectivity index (χ3v) is 4.12. The largest absolute Gasteiger partial charge is 0.461 e. The summed E-state index contributed by atoms with van der Waals surface area (Å²) in [7, 11) is -2.26. The maximum atomic E-state index is 12.0. The van der Waals surface area contributed by atoms with Crippen molar-refractivity contribution in [3.8, 4) is 0 Å². The summed E-state index contributed by atoms with van der Waals surface area (Å²) < 4.78 is 34.5. The van der Waals surface area contributed by atoms with Gasteiger partial charge in [-0.15, -0.1) is 0 Å². The van der Waals surface area contributed by atoms with Crippen molar-refractivity contribution in [2.75, 3.05) is 13.7 Å². The molecule has 0 aliphatic rings. The Bertz CT molecular complexity index is 604. The zero-order chi connectivity index (χ0) is 16.3. The van der Waals surface area contributed by atoms with Gasteiger partial charge in [0.2, 0.25) is 10.0 Å². The summed E-state index contributed by atoms with van der Waals surface area (Å²) in [6.07, 6.45) is 1.86. The first-order valence-electron chi connectivity index (χ1n) is 6.56. The van der Waals surface area contributed by atoms with Crippen LogP contribution >= 0.6 is 0 Å². The summed E-state index contributed by atoms with van der Waals surface area (Å²) in [6, 6.07) is 1.22. The normalized spacial score (nSPS) is 12.4. The van der Waals surface area contributed by atoms with Crippen LogP contribution in [0.4, 0.5) is 0 Å². The number of hydrogen-bond acceptors (Lipinski definition) is 5. The molecular weight excluding hydrogens is 296 g/mol. The molecule has 1 heterocycles.